The Kier molecular flexibility index (Phi) is 4.43. The molecule has 1 rings (SSSR count). The Bertz CT molecular complexity index is 222. The standard InChI is InChI=1S/C10H13FO2/c11-6-10(7-12)13-8-9-4-2-1-3-5-9/h1-5,10,12H,6-8H2. The van der Waals surface area contributed by atoms with E-state index in [1.807, 2.05) is 30.3 Å². The van der Waals surface area contributed by atoms with Crippen molar-refractivity contribution in [1.29, 1.82) is 0 Å². The normalized spacial score (nSPS) is 12.8. The minimum absolute atomic E-state index is 0.274. The first-order valence-corrected chi connectivity index (χ1v) is 4.19. The Balaban J connectivity index is 2.34. The van der Waals surface area contributed by atoms with Crippen LogP contribution < -0.4 is 0 Å². The Labute approximate surface area is 77.0 Å². The largest absolute Gasteiger partial charge is 0.394 e. The molecule has 13 heavy (non-hydrogen) atoms. The average molecular weight is 184 g/mol. The van der Waals surface area contributed by atoms with Gasteiger partial charge in [-0.2, -0.15) is 0 Å². The van der Waals surface area contributed by atoms with Crippen LogP contribution in [0.25, 0.3) is 0 Å². The van der Waals surface area contributed by atoms with Crippen molar-refractivity contribution in [3.63, 3.8) is 0 Å². The minimum Gasteiger partial charge on any atom is -0.394 e. The first-order valence-electron chi connectivity index (χ1n) is 4.19. The molecule has 0 fully saturated rings. The molecule has 3 heteroatoms. The van der Waals surface area contributed by atoms with E-state index >= 15 is 0 Å². The molecule has 1 aromatic rings. The van der Waals surface area contributed by atoms with Crippen molar-refractivity contribution in [2.24, 2.45) is 0 Å². The first-order chi connectivity index (χ1) is 6.36. The van der Waals surface area contributed by atoms with Gasteiger partial charge in [-0.05, 0) is 5.56 Å². The number of halogens is 1. The molecule has 1 aromatic carbocycles. The predicted molar refractivity (Wildman–Crippen MR) is 48.1 cm³/mol. The molecule has 0 spiro atoms. The predicted octanol–water partition coefficient (Wildman–Crippen LogP) is 1.53. The summed E-state index contributed by atoms with van der Waals surface area (Å²) in [6, 6.07) is 9.48. The highest BCUT2D eigenvalue weighted by Crippen LogP contribution is 2.03. The molecule has 72 valence electrons. The van der Waals surface area contributed by atoms with E-state index in [9.17, 15) is 4.39 Å². The lowest BCUT2D eigenvalue weighted by molar-refractivity contribution is -0.0107. The molecule has 1 unspecified atom stereocenters. The molecule has 0 aliphatic rings. The van der Waals surface area contributed by atoms with Gasteiger partial charge in [0.15, 0.2) is 0 Å². The van der Waals surface area contributed by atoms with Gasteiger partial charge in [-0.3, -0.25) is 0 Å². The summed E-state index contributed by atoms with van der Waals surface area (Å²) in [6.07, 6.45) is -0.694. The molecule has 1 atom stereocenters. The molecule has 0 aromatic heterocycles. The quantitative estimate of drug-likeness (QED) is 0.752. The van der Waals surface area contributed by atoms with Crippen molar-refractivity contribution in [3.05, 3.63) is 35.9 Å². The van der Waals surface area contributed by atoms with E-state index in [0.29, 0.717) is 6.61 Å². The maximum atomic E-state index is 12.1. The van der Waals surface area contributed by atoms with Gasteiger partial charge in [0.25, 0.3) is 0 Å². The highest BCUT2D eigenvalue weighted by atomic mass is 19.1. The molecule has 0 saturated carbocycles. The Morgan fingerprint density at radius 3 is 2.54 bits per heavy atom. The summed E-state index contributed by atoms with van der Waals surface area (Å²) in [7, 11) is 0. The van der Waals surface area contributed by atoms with Gasteiger partial charge >= 0.3 is 0 Å². The van der Waals surface area contributed by atoms with Gasteiger partial charge < -0.3 is 9.84 Å². The minimum atomic E-state index is -0.694. The van der Waals surface area contributed by atoms with Crippen LogP contribution in [0.15, 0.2) is 30.3 Å². The first kappa shape index (κ1) is 10.2. The van der Waals surface area contributed by atoms with Crippen LogP contribution in [0.3, 0.4) is 0 Å². The fourth-order valence-corrected chi connectivity index (χ4v) is 0.934. The van der Waals surface area contributed by atoms with Crippen molar-refractivity contribution in [1.82, 2.24) is 0 Å². The fourth-order valence-electron chi connectivity index (χ4n) is 0.934. The van der Waals surface area contributed by atoms with Gasteiger partial charge in [-0.25, -0.2) is 4.39 Å². The van der Waals surface area contributed by atoms with E-state index in [0.717, 1.165) is 5.56 Å². The molecule has 0 heterocycles. The highest BCUT2D eigenvalue weighted by Gasteiger charge is 2.06. The van der Waals surface area contributed by atoms with Crippen molar-refractivity contribution in [3.8, 4) is 0 Å². The number of alkyl halides is 1. The van der Waals surface area contributed by atoms with Crippen LogP contribution in [0.1, 0.15) is 5.56 Å². The van der Waals surface area contributed by atoms with Crippen molar-refractivity contribution in [2.75, 3.05) is 13.3 Å². The molecular weight excluding hydrogens is 171 g/mol. The maximum absolute atomic E-state index is 12.1. The SMILES string of the molecule is OCC(CF)OCc1ccccc1. The highest BCUT2D eigenvalue weighted by molar-refractivity contribution is 5.13. The molecule has 0 aliphatic carbocycles. The van der Waals surface area contributed by atoms with Gasteiger partial charge in [0.2, 0.25) is 0 Å². The van der Waals surface area contributed by atoms with Crippen molar-refractivity contribution in [2.45, 2.75) is 12.7 Å². The van der Waals surface area contributed by atoms with E-state index < -0.39 is 12.8 Å². The number of aliphatic hydroxyl groups excluding tert-OH is 1. The summed E-state index contributed by atoms with van der Waals surface area (Å²) in [4.78, 5) is 0. The summed E-state index contributed by atoms with van der Waals surface area (Å²) in [6.45, 7) is -0.581. The van der Waals surface area contributed by atoms with E-state index in [2.05, 4.69) is 0 Å². The van der Waals surface area contributed by atoms with Gasteiger partial charge in [0.05, 0.1) is 13.2 Å². The second kappa shape index (κ2) is 5.67. The number of rotatable bonds is 5. The van der Waals surface area contributed by atoms with Crippen molar-refractivity contribution >= 4 is 0 Å². The van der Waals surface area contributed by atoms with E-state index in [-0.39, 0.29) is 6.61 Å². The van der Waals surface area contributed by atoms with Gasteiger partial charge in [0.1, 0.15) is 12.8 Å². The number of hydrogen-bond acceptors (Lipinski definition) is 2. The lowest BCUT2D eigenvalue weighted by Gasteiger charge is -2.10. The summed E-state index contributed by atoms with van der Waals surface area (Å²) in [5, 5.41) is 8.64. The van der Waals surface area contributed by atoms with Crippen LogP contribution >= 0.6 is 0 Å². The summed E-state index contributed by atoms with van der Waals surface area (Å²) in [5.74, 6) is 0. The molecule has 2 nitrogen and oxygen atoms in total. The van der Waals surface area contributed by atoms with Gasteiger partial charge in [0, 0.05) is 0 Å². The molecule has 0 bridgehead atoms. The maximum Gasteiger partial charge on any atom is 0.118 e. The molecule has 0 amide bonds. The smallest absolute Gasteiger partial charge is 0.118 e. The van der Waals surface area contributed by atoms with Crippen LogP contribution in [0.4, 0.5) is 4.39 Å². The third-order valence-electron chi connectivity index (χ3n) is 1.70. The van der Waals surface area contributed by atoms with Crippen molar-refractivity contribution < 1.29 is 14.2 Å². The van der Waals surface area contributed by atoms with E-state index in [4.69, 9.17) is 9.84 Å². The zero-order valence-corrected chi connectivity index (χ0v) is 7.32. The summed E-state index contributed by atoms with van der Waals surface area (Å²) >= 11 is 0. The van der Waals surface area contributed by atoms with Crippen LogP contribution in [-0.2, 0) is 11.3 Å². The Morgan fingerprint density at radius 1 is 1.31 bits per heavy atom. The van der Waals surface area contributed by atoms with Gasteiger partial charge in [-0.1, -0.05) is 30.3 Å². The zero-order chi connectivity index (χ0) is 9.52. The third-order valence-corrected chi connectivity index (χ3v) is 1.70. The van der Waals surface area contributed by atoms with Gasteiger partial charge in [-0.15, -0.1) is 0 Å². The molecule has 0 saturated heterocycles. The monoisotopic (exact) mass is 184 g/mol. The summed E-state index contributed by atoms with van der Waals surface area (Å²) < 4.78 is 17.2. The van der Waals surface area contributed by atoms with E-state index in [1.54, 1.807) is 0 Å². The Morgan fingerprint density at radius 2 is 2.00 bits per heavy atom. The number of hydrogen-bond donors (Lipinski definition) is 1. The number of ether oxygens (including phenoxy) is 1. The van der Waals surface area contributed by atoms with E-state index in [1.165, 1.54) is 0 Å². The lowest BCUT2D eigenvalue weighted by atomic mass is 10.2. The third kappa shape index (κ3) is 3.53. The van der Waals surface area contributed by atoms with Crippen LogP contribution in [0.2, 0.25) is 0 Å². The second-order valence-electron chi connectivity index (χ2n) is 2.76. The topological polar surface area (TPSA) is 29.5 Å². The lowest BCUT2D eigenvalue weighted by Crippen LogP contribution is -2.19. The Hall–Kier alpha value is -0.930. The summed E-state index contributed by atoms with van der Waals surface area (Å²) in [5.41, 5.74) is 0.981. The average Bonchev–Trinajstić information content (AvgIpc) is 2.21. The fraction of sp³-hybridized carbons (Fsp3) is 0.400. The number of benzene rings is 1. The van der Waals surface area contributed by atoms with Crippen LogP contribution in [-0.4, -0.2) is 24.5 Å². The molecule has 1 N–H and O–H groups in total. The van der Waals surface area contributed by atoms with Crippen LogP contribution in [0, 0.1) is 0 Å². The zero-order valence-electron chi connectivity index (χ0n) is 7.32. The molecule has 0 radical (unpaired) electrons. The molecular formula is C10H13FO2. The van der Waals surface area contributed by atoms with Crippen LogP contribution in [0.5, 0.6) is 0 Å². The second-order valence-corrected chi connectivity index (χ2v) is 2.76. The molecule has 0 aliphatic heterocycles. The number of aliphatic hydroxyl groups is 1.